The van der Waals surface area contributed by atoms with Gasteiger partial charge in [0.05, 0.1) is 12.6 Å². The predicted molar refractivity (Wildman–Crippen MR) is 164 cm³/mol. The Bertz CT molecular complexity index is 1360. The third-order valence-electron chi connectivity index (χ3n) is 7.25. The minimum Gasteiger partial charge on any atom is -0.345 e. The van der Waals surface area contributed by atoms with Crippen LogP contribution in [-0.4, -0.2) is 95.0 Å². The first-order valence-electron chi connectivity index (χ1n) is 14.5. The molecule has 0 radical (unpaired) electrons. The smallest absolute Gasteiger partial charge is 0.271 e. The van der Waals surface area contributed by atoms with E-state index in [9.17, 15) is 28.8 Å². The standard InChI is InChI=1S/C30H41N7O6S/c1-17(2)25-28(42)32-19(4)30(43)36(6)12-13-37(20(5)38)15-24(39)33-22(14-21-10-8-7-9-11-21)29-34-23(16-44-29)27(41)31-18(3)26(40)35-25/h7-11,16-19,22,25H,12-15H2,1-6H3,(H,31,41)(H,32,42)(H,33,39)(H,35,40)/t18-,19+,22-,25-/m0/s1. The zero-order chi connectivity index (χ0) is 32.6. The van der Waals surface area contributed by atoms with Gasteiger partial charge in [0, 0.05) is 32.4 Å². The molecule has 2 bridgehead atoms. The number of carbonyl (C=O) groups is 6. The van der Waals surface area contributed by atoms with Crippen molar-refractivity contribution >= 4 is 46.8 Å². The quantitative estimate of drug-likeness (QED) is 0.387. The fourth-order valence-corrected chi connectivity index (χ4v) is 5.44. The lowest BCUT2D eigenvalue weighted by atomic mass is 10.0. The van der Waals surface area contributed by atoms with Crippen molar-refractivity contribution in [2.24, 2.45) is 5.92 Å². The van der Waals surface area contributed by atoms with Gasteiger partial charge in [-0.2, -0.15) is 0 Å². The molecule has 4 atom stereocenters. The molecule has 1 aliphatic rings. The third kappa shape index (κ3) is 9.33. The lowest BCUT2D eigenvalue weighted by Gasteiger charge is -2.28. The first-order chi connectivity index (χ1) is 20.8. The van der Waals surface area contributed by atoms with Gasteiger partial charge in [-0.1, -0.05) is 44.2 Å². The average Bonchev–Trinajstić information content (AvgIpc) is 3.47. The van der Waals surface area contributed by atoms with Crippen LogP contribution in [0, 0.1) is 5.92 Å². The molecule has 0 saturated heterocycles. The molecule has 14 heteroatoms. The third-order valence-corrected chi connectivity index (χ3v) is 8.21. The molecule has 1 aromatic carbocycles. The molecule has 1 aliphatic heterocycles. The Hall–Kier alpha value is -4.33. The number of thiazole rings is 1. The first-order valence-corrected chi connectivity index (χ1v) is 15.4. The molecule has 0 saturated carbocycles. The van der Waals surface area contributed by atoms with Crippen molar-refractivity contribution in [2.75, 3.05) is 26.7 Å². The number of aromatic nitrogens is 1. The van der Waals surface area contributed by atoms with E-state index in [0.29, 0.717) is 11.4 Å². The second kappa shape index (κ2) is 15.4. The average molecular weight is 628 g/mol. The van der Waals surface area contributed by atoms with Crippen molar-refractivity contribution in [3.8, 4) is 0 Å². The largest absolute Gasteiger partial charge is 0.345 e. The molecule has 0 spiro atoms. The van der Waals surface area contributed by atoms with Crippen molar-refractivity contribution in [3.63, 3.8) is 0 Å². The molecular formula is C30H41N7O6S. The van der Waals surface area contributed by atoms with Crippen LogP contribution < -0.4 is 21.3 Å². The molecule has 0 unspecified atom stereocenters. The van der Waals surface area contributed by atoms with Gasteiger partial charge in [-0.25, -0.2) is 4.98 Å². The number of hydrogen-bond acceptors (Lipinski definition) is 8. The molecule has 0 aliphatic carbocycles. The molecule has 44 heavy (non-hydrogen) atoms. The van der Waals surface area contributed by atoms with E-state index >= 15 is 0 Å². The highest BCUT2D eigenvalue weighted by Gasteiger charge is 2.31. The van der Waals surface area contributed by atoms with Crippen LogP contribution in [0.5, 0.6) is 0 Å². The normalized spacial score (nSPS) is 23.3. The summed E-state index contributed by atoms with van der Waals surface area (Å²) < 4.78 is 0. The maximum Gasteiger partial charge on any atom is 0.271 e. The van der Waals surface area contributed by atoms with Crippen LogP contribution in [0.15, 0.2) is 35.7 Å². The van der Waals surface area contributed by atoms with Crippen LogP contribution in [0.2, 0.25) is 0 Å². The van der Waals surface area contributed by atoms with Crippen LogP contribution >= 0.6 is 11.3 Å². The van der Waals surface area contributed by atoms with Gasteiger partial charge in [-0.05, 0) is 31.7 Å². The zero-order valence-electron chi connectivity index (χ0n) is 25.9. The Morgan fingerprint density at radius 1 is 0.955 bits per heavy atom. The van der Waals surface area contributed by atoms with Crippen molar-refractivity contribution < 1.29 is 28.8 Å². The lowest BCUT2D eigenvalue weighted by molar-refractivity contribution is -0.138. The highest BCUT2D eigenvalue weighted by Crippen LogP contribution is 2.23. The summed E-state index contributed by atoms with van der Waals surface area (Å²) in [6.45, 7) is 7.81. The van der Waals surface area contributed by atoms with Gasteiger partial charge < -0.3 is 31.1 Å². The van der Waals surface area contributed by atoms with E-state index in [1.807, 2.05) is 30.3 Å². The first kappa shape index (κ1) is 34.2. The van der Waals surface area contributed by atoms with Crippen molar-refractivity contribution in [3.05, 3.63) is 52.0 Å². The minimum absolute atomic E-state index is 0.0711. The van der Waals surface area contributed by atoms with Crippen LogP contribution in [0.25, 0.3) is 0 Å². The Balaban J connectivity index is 1.94. The number of fused-ring (bicyclic) bond motifs is 2. The highest BCUT2D eigenvalue weighted by molar-refractivity contribution is 7.09. The van der Waals surface area contributed by atoms with E-state index in [4.69, 9.17) is 0 Å². The monoisotopic (exact) mass is 627 g/mol. The molecule has 6 amide bonds. The number of nitrogens with one attached hydrogen (secondary N) is 4. The summed E-state index contributed by atoms with van der Waals surface area (Å²) >= 11 is 1.19. The van der Waals surface area contributed by atoms with Crippen LogP contribution in [-0.2, 0) is 30.4 Å². The maximum absolute atomic E-state index is 13.2. The summed E-state index contributed by atoms with van der Waals surface area (Å²) in [5.74, 6) is -3.24. The number of rotatable bonds is 3. The molecule has 2 heterocycles. The molecular weight excluding hydrogens is 586 g/mol. The van der Waals surface area contributed by atoms with Gasteiger partial charge in [0.25, 0.3) is 5.91 Å². The molecule has 0 fully saturated rings. The van der Waals surface area contributed by atoms with Crippen LogP contribution in [0.1, 0.15) is 61.7 Å². The van der Waals surface area contributed by atoms with Crippen molar-refractivity contribution in [2.45, 2.75) is 65.2 Å². The van der Waals surface area contributed by atoms with Crippen molar-refractivity contribution in [1.82, 2.24) is 36.1 Å². The maximum atomic E-state index is 13.2. The number of likely N-dealkylation sites (N-methyl/N-ethyl adjacent to an activating group) is 1. The Morgan fingerprint density at radius 3 is 2.27 bits per heavy atom. The molecule has 4 N–H and O–H groups in total. The van der Waals surface area contributed by atoms with Crippen LogP contribution in [0.3, 0.4) is 0 Å². The van der Waals surface area contributed by atoms with Gasteiger partial charge in [-0.15, -0.1) is 11.3 Å². The number of nitrogens with zero attached hydrogens (tertiary/aromatic N) is 3. The van der Waals surface area contributed by atoms with E-state index in [0.717, 1.165) is 5.56 Å². The predicted octanol–water partition coefficient (Wildman–Crippen LogP) is 0.627. The summed E-state index contributed by atoms with van der Waals surface area (Å²) in [5.41, 5.74) is 0.997. The van der Waals surface area contributed by atoms with Crippen LogP contribution in [0.4, 0.5) is 0 Å². The van der Waals surface area contributed by atoms with Gasteiger partial charge in [-0.3, -0.25) is 28.8 Å². The minimum atomic E-state index is -1.00. The van der Waals surface area contributed by atoms with E-state index in [1.54, 1.807) is 26.3 Å². The Kier molecular flexibility index (Phi) is 12.0. The number of benzene rings is 1. The Morgan fingerprint density at radius 2 is 1.64 bits per heavy atom. The SMILES string of the molecule is CC(=O)N1CCN(C)C(=O)[C@@H](C)NC(=O)[C@H](C(C)C)NC(=O)[C@H](C)NC(=O)c2csc(n2)[C@H](Cc2ccccc2)NC(=O)C1. The molecule has 3 rings (SSSR count). The number of carbonyl (C=O) groups excluding carboxylic acids is 6. The summed E-state index contributed by atoms with van der Waals surface area (Å²) in [7, 11) is 1.54. The van der Waals surface area contributed by atoms with Gasteiger partial charge in [0.15, 0.2) is 0 Å². The van der Waals surface area contributed by atoms with E-state index < -0.39 is 53.7 Å². The highest BCUT2D eigenvalue weighted by atomic mass is 32.1. The van der Waals surface area contributed by atoms with Crippen molar-refractivity contribution in [1.29, 1.82) is 0 Å². The van der Waals surface area contributed by atoms with Gasteiger partial charge in [0.1, 0.15) is 28.8 Å². The molecule has 238 valence electrons. The van der Waals surface area contributed by atoms with E-state index in [2.05, 4.69) is 26.3 Å². The lowest BCUT2D eigenvalue weighted by Crippen LogP contribution is -2.57. The second-order valence-electron chi connectivity index (χ2n) is 11.2. The number of amides is 6. The summed E-state index contributed by atoms with van der Waals surface area (Å²) in [5, 5.41) is 12.9. The summed E-state index contributed by atoms with van der Waals surface area (Å²) in [4.78, 5) is 85.0. The molecule has 2 aromatic rings. The topological polar surface area (TPSA) is 170 Å². The Labute approximate surface area is 261 Å². The zero-order valence-corrected chi connectivity index (χ0v) is 26.7. The molecule has 13 nitrogen and oxygen atoms in total. The summed E-state index contributed by atoms with van der Waals surface area (Å²) in [6.07, 6.45) is 0.382. The van der Waals surface area contributed by atoms with Gasteiger partial charge in [0.2, 0.25) is 29.5 Å². The molecule has 1 aromatic heterocycles. The summed E-state index contributed by atoms with van der Waals surface area (Å²) in [6, 6.07) is 5.95. The fourth-order valence-electron chi connectivity index (χ4n) is 4.59. The van der Waals surface area contributed by atoms with E-state index in [1.165, 1.54) is 41.9 Å². The second-order valence-corrected chi connectivity index (χ2v) is 12.1. The van der Waals surface area contributed by atoms with Gasteiger partial charge >= 0.3 is 0 Å². The number of hydrogen-bond donors (Lipinski definition) is 4. The fraction of sp³-hybridized carbons (Fsp3) is 0.500. The van der Waals surface area contributed by atoms with E-state index in [-0.39, 0.29) is 37.2 Å².